The summed E-state index contributed by atoms with van der Waals surface area (Å²) >= 11 is 2.16. The number of rotatable bonds is 2. The fourth-order valence-electron chi connectivity index (χ4n) is 1.99. The number of halogens is 1. The number of nitrogens with zero attached hydrogens (tertiary/aromatic N) is 1. The van der Waals surface area contributed by atoms with Crippen LogP contribution < -0.4 is 5.73 Å². The first-order valence-electron chi connectivity index (χ1n) is 5.96. The summed E-state index contributed by atoms with van der Waals surface area (Å²) in [5, 5.41) is 0. The minimum absolute atomic E-state index is 0.0809. The molecule has 19 heavy (non-hydrogen) atoms. The van der Waals surface area contributed by atoms with E-state index in [2.05, 4.69) is 22.6 Å². The topological polar surface area (TPSA) is 72.6 Å². The second kappa shape index (κ2) is 5.87. The number of nitrogens with two attached hydrogens (primary N) is 1. The predicted molar refractivity (Wildman–Crippen MR) is 78.7 cm³/mol. The highest BCUT2D eigenvalue weighted by molar-refractivity contribution is 14.1. The number of primary amides is 1. The molecule has 1 saturated heterocycles. The fraction of sp³-hybridized carbons (Fsp3) is 0.385. The Morgan fingerprint density at radius 2 is 2.21 bits per heavy atom. The molecule has 1 heterocycles. The Morgan fingerprint density at radius 3 is 2.89 bits per heavy atom. The normalized spacial score (nSPS) is 19.3. The average molecular weight is 374 g/mol. The number of carbonyl (C=O) groups excluding carboxylic acids is 2. The van der Waals surface area contributed by atoms with Gasteiger partial charge in [-0.1, -0.05) is 12.1 Å². The Morgan fingerprint density at radius 1 is 1.47 bits per heavy atom. The zero-order valence-electron chi connectivity index (χ0n) is 10.6. The second-order valence-corrected chi connectivity index (χ2v) is 5.53. The van der Waals surface area contributed by atoms with Crippen LogP contribution in [0.1, 0.15) is 15.9 Å². The lowest BCUT2D eigenvalue weighted by atomic mass is 10.1. The number of amides is 2. The molecule has 0 bridgehead atoms. The molecule has 0 radical (unpaired) electrons. The Balaban J connectivity index is 2.19. The number of ether oxygens (including phenoxy) is 1. The van der Waals surface area contributed by atoms with Crippen molar-refractivity contribution in [2.45, 2.75) is 13.0 Å². The largest absolute Gasteiger partial charge is 0.367 e. The van der Waals surface area contributed by atoms with E-state index < -0.39 is 12.0 Å². The van der Waals surface area contributed by atoms with Crippen LogP contribution in [0.5, 0.6) is 0 Å². The molecule has 1 atom stereocenters. The van der Waals surface area contributed by atoms with E-state index in [9.17, 15) is 9.59 Å². The molecule has 5 nitrogen and oxygen atoms in total. The van der Waals surface area contributed by atoms with E-state index in [1.165, 1.54) is 0 Å². The van der Waals surface area contributed by atoms with Gasteiger partial charge in [-0.15, -0.1) is 0 Å². The molecular formula is C13H15IN2O3. The van der Waals surface area contributed by atoms with Crippen LogP contribution in [0, 0.1) is 10.5 Å². The van der Waals surface area contributed by atoms with E-state index in [1.54, 1.807) is 11.0 Å². The van der Waals surface area contributed by atoms with Crippen molar-refractivity contribution in [2.24, 2.45) is 5.73 Å². The molecule has 0 aliphatic carbocycles. The van der Waals surface area contributed by atoms with Gasteiger partial charge in [0.15, 0.2) is 6.10 Å². The summed E-state index contributed by atoms with van der Waals surface area (Å²) in [5.74, 6) is -0.612. The van der Waals surface area contributed by atoms with Crippen LogP contribution in [-0.4, -0.2) is 42.5 Å². The van der Waals surface area contributed by atoms with E-state index in [-0.39, 0.29) is 12.5 Å². The number of morpholine rings is 1. The van der Waals surface area contributed by atoms with Gasteiger partial charge in [-0.2, -0.15) is 0 Å². The van der Waals surface area contributed by atoms with Crippen LogP contribution >= 0.6 is 22.6 Å². The first kappa shape index (κ1) is 14.3. The Hall–Kier alpha value is -1.15. The first-order chi connectivity index (χ1) is 9.00. The molecule has 102 valence electrons. The highest BCUT2D eigenvalue weighted by Crippen LogP contribution is 2.19. The molecular weight excluding hydrogens is 359 g/mol. The standard InChI is InChI=1S/C13H15IN2O3/c1-8-3-2-4-9(11(8)14)13(18)16-5-6-19-10(7-16)12(15)17/h2-4,10H,5-7H2,1H3,(H2,15,17). The van der Waals surface area contributed by atoms with Gasteiger partial charge in [-0.05, 0) is 41.1 Å². The minimum atomic E-state index is -0.708. The van der Waals surface area contributed by atoms with Gasteiger partial charge in [-0.25, -0.2) is 0 Å². The maximum Gasteiger partial charge on any atom is 0.255 e. The summed E-state index contributed by atoms with van der Waals surface area (Å²) in [4.78, 5) is 25.2. The molecule has 1 unspecified atom stereocenters. The smallest absolute Gasteiger partial charge is 0.255 e. The number of hydrogen-bond donors (Lipinski definition) is 1. The summed E-state index contributed by atoms with van der Waals surface area (Å²) in [7, 11) is 0. The van der Waals surface area contributed by atoms with Crippen LogP contribution in [0.15, 0.2) is 18.2 Å². The molecule has 0 spiro atoms. The van der Waals surface area contributed by atoms with E-state index in [0.29, 0.717) is 18.7 Å². The van der Waals surface area contributed by atoms with E-state index in [0.717, 1.165) is 9.13 Å². The molecule has 1 aliphatic rings. The first-order valence-corrected chi connectivity index (χ1v) is 7.04. The van der Waals surface area contributed by atoms with Crippen LogP contribution in [-0.2, 0) is 9.53 Å². The van der Waals surface area contributed by atoms with Crippen LogP contribution in [0.4, 0.5) is 0 Å². The minimum Gasteiger partial charge on any atom is -0.367 e. The molecule has 1 aromatic carbocycles. The third kappa shape index (κ3) is 3.06. The van der Waals surface area contributed by atoms with Crippen molar-refractivity contribution in [3.8, 4) is 0 Å². The van der Waals surface area contributed by atoms with Gasteiger partial charge in [-0.3, -0.25) is 9.59 Å². The Kier molecular flexibility index (Phi) is 4.41. The number of aryl methyl sites for hydroxylation is 1. The SMILES string of the molecule is Cc1cccc(C(=O)N2CCOC(C(N)=O)C2)c1I. The molecule has 0 saturated carbocycles. The molecule has 2 rings (SSSR count). The van der Waals surface area contributed by atoms with Crippen LogP contribution in [0.25, 0.3) is 0 Å². The Bertz CT molecular complexity index is 519. The molecule has 0 aromatic heterocycles. The molecule has 1 aliphatic heterocycles. The van der Waals surface area contributed by atoms with Gasteiger partial charge in [0, 0.05) is 10.1 Å². The van der Waals surface area contributed by atoms with Crippen molar-refractivity contribution in [2.75, 3.05) is 19.7 Å². The lowest BCUT2D eigenvalue weighted by molar-refractivity contribution is -0.133. The zero-order valence-corrected chi connectivity index (χ0v) is 12.7. The molecule has 1 fully saturated rings. The van der Waals surface area contributed by atoms with Gasteiger partial charge in [0.2, 0.25) is 5.91 Å². The van der Waals surface area contributed by atoms with Crippen molar-refractivity contribution in [1.29, 1.82) is 0 Å². The molecule has 1 aromatic rings. The van der Waals surface area contributed by atoms with Crippen LogP contribution in [0.3, 0.4) is 0 Å². The summed E-state index contributed by atoms with van der Waals surface area (Å²) < 4.78 is 6.18. The van der Waals surface area contributed by atoms with Crippen LogP contribution in [0.2, 0.25) is 0 Å². The van der Waals surface area contributed by atoms with Crippen molar-refractivity contribution >= 4 is 34.4 Å². The highest BCUT2D eigenvalue weighted by Gasteiger charge is 2.29. The fourth-order valence-corrected chi connectivity index (χ4v) is 2.58. The summed E-state index contributed by atoms with van der Waals surface area (Å²) in [5.41, 5.74) is 6.94. The maximum atomic E-state index is 12.5. The quantitative estimate of drug-likeness (QED) is 0.783. The van der Waals surface area contributed by atoms with Gasteiger partial charge < -0.3 is 15.4 Å². The van der Waals surface area contributed by atoms with Gasteiger partial charge in [0.05, 0.1) is 18.7 Å². The highest BCUT2D eigenvalue weighted by atomic mass is 127. The molecule has 2 N–H and O–H groups in total. The lowest BCUT2D eigenvalue weighted by Crippen LogP contribution is -2.50. The average Bonchev–Trinajstić information content (AvgIpc) is 2.41. The monoisotopic (exact) mass is 374 g/mol. The lowest BCUT2D eigenvalue weighted by Gasteiger charge is -2.31. The van der Waals surface area contributed by atoms with E-state index >= 15 is 0 Å². The van der Waals surface area contributed by atoms with E-state index in [4.69, 9.17) is 10.5 Å². The predicted octanol–water partition coefficient (Wildman–Crippen LogP) is 0.926. The van der Waals surface area contributed by atoms with Crippen molar-refractivity contribution < 1.29 is 14.3 Å². The number of hydrogen-bond acceptors (Lipinski definition) is 3. The maximum absolute atomic E-state index is 12.5. The summed E-state index contributed by atoms with van der Waals surface area (Å²) in [6.45, 7) is 3.00. The molecule has 6 heteroatoms. The molecule has 2 amide bonds. The number of carbonyl (C=O) groups is 2. The van der Waals surface area contributed by atoms with Crippen molar-refractivity contribution in [3.05, 3.63) is 32.9 Å². The third-order valence-corrected chi connectivity index (χ3v) is 4.53. The third-order valence-electron chi connectivity index (χ3n) is 3.09. The van der Waals surface area contributed by atoms with Crippen molar-refractivity contribution in [3.63, 3.8) is 0 Å². The summed E-state index contributed by atoms with van der Waals surface area (Å²) in [6.07, 6.45) is -0.708. The van der Waals surface area contributed by atoms with Gasteiger partial charge in [0.25, 0.3) is 5.91 Å². The zero-order chi connectivity index (χ0) is 14.0. The van der Waals surface area contributed by atoms with Gasteiger partial charge in [0.1, 0.15) is 0 Å². The van der Waals surface area contributed by atoms with Crippen molar-refractivity contribution in [1.82, 2.24) is 4.90 Å². The Labute approximate surface area is 125 Å². The summed E-state index contributed by atoms with van der Waals surface area (Å²) in [6, 6.07) is 5.62. The van der Waals surface area contributed by atoms with E-state index in [1.807, 2.05) is 19.1 Å². The van der Waals surface area contributed by atoms with Gasteiger partial charge >= 0.3 is 0 Å². The second-order valence-electron chi connectivity index (χ2n) is 4.45. The number of benzene rings is 1.